The van der Waals surface area contributed by atoms with Gasteiger partial charge in [-0.2, -0.15) is 31.3 Å². The van der Waals surface area contributed by atoms with Crippen molar-refractivity contribution in [1.29, 1.82) is 0 Å². The number of benzene rings is 2. The van der Waals surface area contributed by atoms with Gasteiger partial charge >= 0.3 is 18.4 Å². The lowest BCUT2D eigenvalue weighted by Gasteiger charge is -2.14. The van der Waals surface area contributed by atoms with Gasteiger partial charge in [0.25, 0.3) is 0 Å². The maximum absolute atomic E-state index is 14.0. The van der Waals surface area contributed by atoms with Crippen molar-refractivity contribution < 1.29 is 35.5 Å². The second kappa shape index (κ2) is 9.23. The standard InChI is InChI=1S/C20H14F7N3OS/c1-11-4-2-3-5-16(11)32-30-17-15(21)9-28-18(29-17)31-10-12-6-13(19(22,23)24)8-14(7-12)20(25,26)27/h2-9H,10H2,1H3,(H,28,29,30). The molecule has 0 bridgehead atoms. The Labute approximate surface area is 182 Å². The van der Waals surface area contributed by atoms with Crippen molar-refractivity contribution >= 4 is 17.8 Å². The molecule has 32 heavy (non-hydrogen) atoms. The molecule has 2 aromatic carbocycles. The van der Waals surface area contributed by atoms with E-state index in [0.717, 1.165) is 28.6 Å². The molecule has 1 heterocycles. The fourth-order valence-corrected chi connectivity index (χ4v) is 3.24. The van der Waals surface area contributed by atoms with Gasteiger partial charge in [0.1, 0.15) is 6.61 Å². The number of alkyl halides is 6. The average Bonchev–Trinajstić information content (AvgIpc) is 2.71. The van der Waals surface area contributed by atoms with E-state index >= 15 is 0 Å². The number of halogens is 7. The summed E-state index contributed by atoms with van der Waals surface area (Å²) in [4.78, 5) is 8.15. The van der Waals surface area contributed by atoms with Crippen LogP contribution in [0, 0.1) is 12.7 Å². The van der Waals surface area contributed by atoms with Gasteiger partial charge in [0.15, 0.2) is 11.6 Å². The normalized spacial score (nSPS) is 12.0. The summed E-state index contributed by atoms with van der Waals surface area (Å²) in [6.07, 6.45) is -9.19. The highest BCUT2D eigenvalue weighted by Gasteiger charge is 2.36. The molecular formula is C20H14F7N3OS. The Balaban J connectivity index is 1.77. The van der Waals surface area contributed by atoms with Crippen molar-refractivity contribution in [2.75, 3.05) is 4.72 Å². The van der Waals surface area contributed by atoms with Crippen molar-refractivity contribution in [3.63, 3.8) is 0 Å². The maximum atomic E-state index is 14.0. The molecule has 12 heteroatoms. The van der Waals surface area contributed by atoms with Crippen LogP contribution in [0.2, 0.25) is 0 Å². The van der Waals surface area contributed by atoms with E-state index in [9.17, 15) is 30.7 Å². The first-order valence-corrected chi connectivity index (χ1v) is 9.67. The molecule has 0 radical (unpaired) electrons. The Bertz CT molecular complexity index is 1070. The Morgan fingerprint density at radius 3 is 2.19 bits per heavy atom. The number of ether oxygens (including phenoxy) is 1. The Kier molecular flexibility index (Phi) is 6.82. The number of nitrogens with one attached hydrogen (secondary N) is 1. The van der Waals surface area contributed by atoms with Crippen molar-refractivity contribution in [3.05, 3.63) is 76.7 Å². The predicted molar refractivity (Wildman–Crippen MR) is 103 cm³/mol. The van der Waals surface area contributed by atoms with Gasteiger partial charge < -0.3 is 9.46 Å². The van der Waals surface area contributed by atoms with Gasteiger partial charge in [0, 0.05) is 4.90 Å². The predicted octanol–water partition coefficient (Wildman–Crippen LogP) is 6.66. The molecule has 0 saturated heterocycles. The van der Waals surface area contributed by atoms with Crippen molar-refractivity contribution in [1.82, 2.24) is 9.97 Å². The number of rotatable bonds is 6. The molecule has 0 aliphatic heterocycles. The van der Waals surface area contributed by atoms with Gasteiger partial charge in [0.05, 0.1) is 17.3 Å². The first-order valence-electron chi connectivity index (χ1n) is 8.85. The summed E-state index contributed by atoms with van der Waals surface area (Å²) in [6.45, 7) is 1.15. The molecule has 0 amide bonds. The Hall–Kier alpha value is -3.02. The quantitative estimate of drug-likeness (QED) is 0.318. The largest absolute Gasteiger partial charge is 0.459 e. The van der Waals surface area contributed by atoms with Gasteiger partial charge in [-0.15, -0.1) is 0 Å². The molecule has 1 N–H and O–H groups in total. The van der Waals surface area contributed by atoms with E-state index in [1.807, 2.05) is 19.1 Å². The second-order valence-corrected chi connectivity index (χ2v) is 7.37. The third-order valence-corrected chi connectivity index (χ3v) is 5.06. The molecule has 170 valence electrons. The fraction of sp³-hybridized carbons (Fsp3) is 0.200. The molecule has 0 aliphatic carbocycles. The lowest BCUT2D eigenvalue weighted by Crippen LogP contribution is -2.12. The molecule has 0 saturated carbocycles. The van der Waals surface area contributed by atoms with Crippen LogP contribution >= 0.6 is 11.9 Å². The molecule has 1 aromatic heterocycles. The molecule has 3 rings (SSSR count). The SMILES string of the molecule is Cc1ccccc1SNc1nc(OCc2cc(C(F)(F)F)cc(C(F)(F)F)c2)ncc1F. The third-order valence-electron chi connectivity index (χ3n) is 4.09. The topological polar surface area (TPSA) is 47.0 Å². The molecule has 0 fully saturated rings. The Morgan fingerprint density at radius 2 is 1.59 bits per heavy atom. The number of hydrogen-bond acceptors (Lipinski definition) is 5. The molecule has 0 aliphatic rings. The van der Waals surface area contributed by atoms with Crippen LogP contribution in [0.3, 0.4) is 0 Å². The summed E-state index contributed by atoms with van der Waals surface area (Å²) < 4.78 is 99.6. The van der Waals surface area contributed by atoms with Crippen LogP contribution in [-0.2, 0) is 19.0 Å². The molecule has 0 atom stereocenters. The monoisotopic (exact) mass is 477 g/mol. The summed E-state index contributed by atoms with van der Waals surface area (Å²) in [5.41, 5.74) is -2.42. The Morgan fingerprint density at radius 1 is 0.969 bits per heavy atom. The van der Waals surface area contributed by atoms with Crippen LogP contribution < -0.4 is 9.46 Å². The summed E-state index contributed by atoms with van der Waals surface area (Å²) in [5, 5.41) is 0. The minimum Gasteiger partial charge on any atom is -0.459 e. The van der Waals surface area contributed by atoms with Crippen LogP contribution in [0.15, 0.2) is 53.6 Å². The summed E-state index contributed by atoms with van der Waals surface area (Å²) >= 11 is 1.06. The highest BCUT2D eigenvalue weighted by atomic mass is 32.2. The number of anilines is 1. The van der Waals surface area contributed by atoms with E-state index in [4.69, 9.17) is 4.74 Å². The van der Waals surface area contributed by atoms with Crippen molar-refractivity contribution in [3.8, 4) is 6.01 Å². The van der Waals surface area contributed by atoms with E-state index in [2.05, 4.69) is 14.7 Å². The zero-order valence-corrected chi connectivity index (χ0v) is 17.0. The molecule has 3 aromatic rings. The highest BCUT2D eigenvalue weighted by Crippen LogP contribution is 2.36. The van der Waals surface area contributed by atoms with Crippen molar-refractivity contribution in [2.24, 2.45) is 0 Å². The van der Waals surface area contributed by atoms with E-state index in [0.29, 0.717) is 12.1 Å². The van der Waals surface area contributed by atoms with E-state index in [-0.39, 0.29) is 11.9 Å². The van der Waals surface area contributed by atoms with E-state index in [1.54, 1.807) is 12.1 Å². The third kappa shape index (κ3) is 6.02. The first-order chi connectivity index (χ1) is 14.9. The lowest BCUT2D eigenvalue weighted by atomic mass is 10.1. The average molecular weight is 477 g/mol. The fourth-order valence-electron chi connectivity index (χ4n) is 2.52. The number of aryl methyl sites for hydroxylation is 1. The smallest absolute Gasteiger partial charge is 0.416 e. The summed E-state index contributed by atoms with van der Waals surface area (Å²) in [5.74, 6) is -1.08. The van der Waals surface area contributed by atoms with Gasteiger partial charge in [-0.25, -0.2) is 9.37 Å². The second-order valence-electron chi connectivity index (χ2n) is 6.52. The van der Waals surface area contributed by atoms with E-state index < -0.39 is 47.5 Å². The van der Waals surface area contributed by atoms with Crippen LogP contribution in [-0.4, -0.2) is 9.97 Å². The van der Waals surface area contributed by atoms with E-state index in [1.165, 1.54) is 0 Å². The van der Waals surface area contributed by atoms with Gasteiger partial charge in [-0.3, -0.25) is 0 Å². The van der Waals surface area contributed by atoms with Crippen LogP contribution in [0.4, 0.5) is 36.6 Å². The summed E-state index contributed by atoms with van der Waals surface area (Å²) in [7, 11) is 0. The first kappa shape index (κ1) is 23.6. The van der Waals surface area contributed by atoms with Crippen LogP contribution in [0.5, 0.6) is 6.01 Å². The number of hydrogen-bond donors (Lipinski definition) is 1. The van der Waals surface area contributed by atoms with Gasteiger partial charge in [-0.05, 0) is 54.3 Å². The molecular weight excluding hydrogens is 463 g/mol. The number of aromatic nitrogens is 2. The summed E-state index contributed by atoms with van der Waals surface area (Å²) in [6, 6.07) is 7.90. The van der Waals surface area contributed by atoms with Crippen LogP contribution in [0.1, 0.15) is 22.3 Å². The van der Waals surface area contributed by atoms with Gasteiger partial charge in [-0.1, -0.05) is 18.2 Å². The van der Waals surface area contributed by atoms with Crippen molar-refractivity contribution in [2.45, 2.75) is 30.8 Å². The lowest BCUT2D eigenvalue weighted by molar-refractivity contribution is -0.143. The minimum absolute atomic E-state index is 0.0166. The zero-order chi connectivity index (χ0) is 23.5. The van der Waals surface area contributed by atoms with Gasteiger partial charge in [0.2, 0.25) is 0 Å². The molecule has 0 unspecified atom stereocenters. The molecule has 0 spiro atoms. The highest BCUT2D eigenvalue weighted by molar-refractivity contribution is 8.00. The maximum Gasteiger partial charge on any atom is 0.416 e. The molecule has 4 nitrogen and oxygen atoms in total. The number of nitrogens with zero attached hydrogens (tertiary/aromatic N) is 2. The minimum atomic E-state index is -4.98. The zero-order valence-electron chi connectivity index (χ0n) is 16.2. The van der Waals surface area contributed by atoms with Crippen LogP contribution in [0.25, 0.3) is 0 Å².